The number of aryl methyl sites for hydroxylation is 2. The number of rotatable bonds is 6. The van der Waals surface area contributed by atoms with E-state index in [9.17, 15) is 9.59 Å². The number of amides is 1. The predicted octanol–water partition coefficient (Wildman–Crippen LogP) is 3.55. The van der Waals surface area contributed by atoms with Crippen LogP contribution in [0.1, 0.15) is 34.6 Å². The number of nitrogens with zero attached hydrogens (tertiary/aromatic N) is 2. The lowest BCUT2D eigenvalue weighted by Crippen LogP contribution is -2.53. The summed E-state index contributed by atoms with van der Waals surface area (Å²) in [6.07, 6.45) is 0.809. The van der Waals surface area contributed by atoms with E-state index in [-0.39, 0.29) is 5.91 Å². The number of carbonyl (C=O) groups excluding carboxylic acids is 2. The SMILES string of the molecule is CCc1cc(C(=O)OC)c(NC(=O)CN2CCN(c3ccc(C)cc3)C(C)C2)s1. The molecule has 0 radical (unpaired) electrons. The van der Waals surface area contributed by atoms with Crippen LogP contribution in [0.15, 0.2) is 30.3 Å². The molecule has 1 aliphatic rings. The zero-order valence-electron chi connectivity index (χ0n) is 17.5. The van der Waals surface area contributed by atoms with Gasteiger partial charge in [-0.25, -0.2) is 4.79 Å². The first-order valence-electron chi connectivity index (χ1n) is 9.97. The highest BCUT2D eigenvalue weighted by molar-refractivity contribution is 7.16. The fraction of sp³-hybridized carbons (Fsp3) is 0.455. The van der Waals surface area contributed by atoms with Crippen LogP contribution in [0.4, 0.5) is 10.7 Å². The van der Waals surface area contributed by atoms with Crippen molar-refractivity contribution in [2.24, 2.45) is 0 Å². The minimum absolute atomic E-state index is 0.101. The fourth-order valence-corrected chi connectivity index (χ4v) is 4.64. The van der Waals surface area contributed by atoms with Crippen molar-refractivity contribution in [2.75, 3.05) is 43.5 Å². The highest BCUT2D eigenvalue weighted by Crippen LogP contribution is 2.29. The number of carbonyl (C=O) groups is 2. The predicted molar refractivity (Wildman–Crippen MR) is 118 cm³/mol. The summed E-state index contributed by atoms with van der Waals surface area (Å²) in [6.45, 7) is 9.12. The molecule has 3 rings (SSSR count). The molecule has 0 bridgehead atoms. The van der Waals surface area contributed by atoms with Gasteiger partial charge in [0.25, 0.3) is 0 Å². The molecule has 29 heavy (non-hydrogen) atoms. The number of piperazine rings is 1. The van der Waals surface area contributed by atoms with Crippen molar-refractivity contribution in [3.05, 3.63) is 46.3 Å². The van der Waals surface area contributed by atoms with Crippen molar-refractivity contribution < 1.29 is 14.3 Å². The summed E-state index contributed by atoms with van der Waals surface area (Å²) in [7, 11) is 1.35. The van der Waals surface area contributed by atoms with Gasteiger partial charge in [0.15, 0.2) is 0 Å². The number of hydrogen-bond acceptors (Lipinski definition) is 6. The second-order valence-corrected chi connectivity index (χ2v) is 8.60. The lowest BCUT2D eigenvalue weighted by Gasteiger charge is -2.41. The average molecular weight is 416 g/mol. The topological polar surface area (TPSA) is 61.9 Å². The second kappa shape index (κ2) is 9.41. The number of benzene rings is 1. The molecule has 6 nitrogen and oxygen atoms in total. The molecule has 0 saturated carbocycles. The maximum Gasteiger partial charge on any atom is 0.340 e. The van der Waals surface area contributed by atoms with E-state index in [2.05, 4.69) is 53.2 Å². The summed E-state index contributed by atoms with van der Waals surface area (Å²) < 4.78 is 4.84. The summed E-state index contributed by atoms with van der Waals surface area (Å²) in [4.78, 5) is 30.2. The van der Waals surface area contributed by atoms with E-state index < -0.39 is 5.97 Å². The van der Waals surface area contributed by atoms with E-state index in [0.717, 1.165) is 30.9 Å². The lowest BCUT2D eigenvalue weighted by molar-refractivity contribution is -0.117. The Balaban J connectivity index is 1.59. The summed E-state index contributed by atoms with van der Waals surface area (Å²) in [6, 6.07) is 10.7. The van der Waals surface area contributed by atoms with E-state index in [1.807, 2.05) is 6.92 Å². The molecular weight excluding hydrogens is 386 g/mol. The zero-order valence-corrected chi connectivity index (χ0v) is 18.3. The Morgan fingerprint density at radius 3 is 2.59 bits per heavy atom. The molecule has 0 aliphatic carbocycles. The van der Waals surface area contributed by atoms with Crippen LogP contribution in [-0.2, 0) is 16.0 Å². The van der Waals surface area contributed by atoms with Crippen LogP contribution in [0.25, 0.3) is 0 Å². The molecule has 1 fully saturated rings. The first kappa shape index (κ1) is 21.3. The van der Waals surface area contributed by atoms with Crippen LogP contribution in [0.3, 0.4) is 0 Å². The first-order valence-corrected chi connectivity index (χ1v) is 10.8. The first-order chi connectivity index (χ1) is 13.9. The second-order valence-electron chi connectivity index (χ2n) is 7.46. The average Bonchev–Trinajstić information content (AvgIpc) is 3.11. The van der Waals surface area contributed by atoms with Crippen LogP contribution in [0, 0.1) is 6.92 Å². The van der Waals surface area contributed by atoms with E-state index in [1.165, 1.54) is 29.7 Å². The van der Waals surface area contributed by atoms with Crippen LogP contribution < -0.4 is 10.2 Å². The van der Waals surface area contributed by atoms with Crippen molar-refractivity contribution in [3.63, 3.8) is 0 Å². The molecule has 1 aliphatic heterocycles. The number of methoxy groups -OCH3 is 1. The number of hydrogen-bond donors (Lipinski definition) is 1. The minimum atomic E-state index is -0.420. The maximum absolute atomic E-state index is 12.6. The summed E-state index contributed by atoms with van der Waals surface area (Å²) in [5, 5.41) is 3.49. The van der Waals surface area contributed by atoms with E-state index >= 15 is 0 Å². The molecule has 1 aromatic carbocycles. The fourth-order valence-electron chi connectivity index (χ4n) is 3.64. The number of nitrogens with one attached hydrogen (secondary N) is 1. The van der Waals surface area contributed by atoms with Gasteiger partial charge in [0.05, 0.1) is 19.2 Å². The number of thiophene rings is 1. The van der Waals surface area contributed by atoms with Crippen molar-refractivity contribution in [1.29, 1.82) is 0 Å². The van der Waals surface area contributed by atoms with Gasteiger partial charge in [0.1, 0.15) is 5.00 Å². The Morgan fingerprint density at radius 1 is 1.24 bits per heavy atom. The molecule has 0 spiro atoms. The van der Waals surface area contributed by atoms with Crippen molar-refractivity contribution in [1.82, 2.24) is 4.90 Å². The quantitative estimate of drug-likeness (QED) is 0.731. The van der Waals surface area contributed by atoms with Gasteiger partial charge in [-0.15, -0.1) is 11.3 Å². The number of anilines is 2. The molecule has 1 unspecified atom stereocenters. The number of esters is 1. The smallest absolute Gasteiger partial charge is 0.340 e. The monoisotopic (exact) mass is 415 g/mol. The van der Waals surface area contributed by atoms with E-state index in [4.69, 9.17) is 4.74 Å². The Kier molecular flexibility index (Phi) is 6.92. The summed E-state index contributed by atoms with van der Waals surface area (Å²) in [5.74, 6) is -0.521. The van der Waals surface area contributed by atoms with Crippen LogP contribution in [-0.4, -0.2) is 56.1 Å². The number of ether oxygens (including phenoxy) is 1. The van der Waals surface area contributed by atoms with Gasteiger partial charge < -0.3 is 15.0 Å². The van der Waals surface area contributed by atoms with Gasteiger partial charge in [-0.3, -0.25) is 9.69 Å². The Labute approximate surface area is 176 Å². The van der Waals surface area contributed by atoms with Gasteiger partial charge in [-0.2, -0.15) is 0 Å². The summed E-state index contributed by atoms with van der Waals surface area (Å²) >= 11 is 1.43. The maximum atomic E-state index is 12.6. The third-order valence-electron chi connectivity index (χ3n) is 5.23. The highest BCUT2D eigenvalue weighted by atomic mass is 32.1. The molecule has 156 valence electrons. The summed E-state index contributed by atoms with van der Waals surface area (Å²) in [5.41, 5.74) is 2.91. The van der Waals surface area contributed by atoms with Gasteiger partial charge >= 0.3 is 5.97 Å². The van der Waals surface area contributed by atoms with Crippen molar-refractivity contribution >= 4 is 33.9 Å². The molecule has 1 N–H and O–H groups in total. The largest absolute Gasteiger partial charge is 0.465 e. The molecule has 1 saturated heterocycles. The van der Waals surface area contributed by atoms with Gasteiger partial charge in [-0.1, -0.05) is 24.6 Å². The third kappa shape index (κ3) is 5.16. The van der Waals surface area contributed by atoms with Crippen molar-refractivity contribution in [2.45, 2.75) is 33.2 Å². The Morgan fingerprint density at radius 2 is 1.97 bits per heavy atom. The molecule has 1 amide bonds. The molecule has 1 aromatic heterocycles. The van der Waals surface area contributed by atoms with Gasteiger partial charge in [0.2, 0.25) is 5.91 Å². The van der Waals surface area contributed by atoms with E-state index in [0.29, 0.717) is 23.2 Å². The van der Waals surface area contributed by atoms with Crippen LogP contribution >= 0.6 is 11.3 Å². The van der Waals surface area contributed by atoms with E-state index in [1.54, 1.807) is 6.07 Å². The molecule has 1 atom stereocenters. The molecule has 2 aromatic rings. The van der Waals surface area contributed by atoms with Crippen LogP contribution in [0.2, 0.25) is 0 Å². The Bertz CT molecular complexity index is 863. The molecule has 7 heteroatoms. The van der Waals surface area contributed by atoms with Gasteiger partial charge in [-0.05, 0) is 38.5 Å². The zero-order chi connectivity index (χ0) is 21.0. The third-order valence-corrected chi connectivity index (χ3v) is 6.43. The standard InChI is InChI=1S/C22H29N3O3S/c1-5-18-12-19(22(27)28-4)21(29-18)23-20(26)14-24-10-11-25(16(3)13-24)17-8-6-15(2)7-9-17/h6-9,12,16H,5,10-11,13-14H2,1-4H3,(H,23,26). The lowest BCUT2D eigenvalue weighted by atomic mass is 10.1. The molecular formula is C22H29N3O3S. The van der Waals surface area contributed by atoms with Crippen molar-refractivity contribution in [3.8, 4) is 0 Å². The Hall–Kier alpha value is -2.38. The highest BCUT2D eigenvalue weighted by Gasteiger charge is 2.26. The van der Waals surface area contributed by atoms with Gasteiger partial charge in [0, 0.05) is 36.2 Å². The normalized spacial score (nSPS) is 17.2. The molecule has 2 heterocycles. The van der Waals surface area contributed by atoms with Crippen LogP contribution in [0.5, 0.6) is 0 Å². The minimum Gasteiger partial charge on any atom is -0.465 e.